The standard InChI is InChI=1S/C21H23N3O3/c22-19(25)18-16-15(17-14-9-5-4-6-12(14)10-11-23(17)18)20(26)24(21(16)27)13-7-2-1-3-8-13/h4-6,9-11,13,15-18H,1-3,7-8H2,(H2,22,25)/t15-,16+,17+,18-/m0/s1. The van der Waals surface area contributed by atoms with Crippen LogP contribution in [-0.4, -0.2) is 39.6 Å². The lowest BCUT2D eigenvalue weighted by molar-refractivity contribution is -0.146. The van der Waals surface area contributed by atoms with Crippen LogP contribution < -0.4 is 5.73 Å². The Morgan fingerprint density at radius 3 is 2.44 bits per heavy atom. The van der Waals surface area contributed by atoms with Crippen LogP contribution in [0.2, 0.25) is 0 Å². The van der Waals surface area contributed by atoms with Crippen LogP contribution in [0.1, 0.15) is 49.3 Å². The van der Waals surface area contributed by atoms with Gasteiger partial charge < -0.3 is 10.6 Å². The molecule has 140 valence electrons. The molecule has 0 unspecified atom stereocenters. The molecule has 0 bridgehead atoms. The molecule has 3 aliphatic heterocycles. The van der Waals surface area contributed by atoms with Crippen molar-refractivity contribution >= 4 is 23.8 Å². The van der Waals surface area contributed by atoms with Gasteiger partial charge in [-0.1, -0.05) is 43.5 Å². The highest BCUT2D eigenvalue weighted by Crippen LogP contribution is 2.53. The van der Waals surface area contributed by atoms with Gasteiger partial charge in [0.1, 0.15) is 6.04 Å². The molecule has 2 saturated heterocycles. The van der Waals surface area contributed by atoms with Crippen molar-refractivity contribution in [2.75, 3.05) is 0 Å². The molecule has 0 aromatic heterocycles. The highest BCUT2D eigenvalue weighted by atomic mass is 16.2. The fourth-order valence-corrected chi connectivity index (χ4v) is 5.60. The van der Waals surface area contributed by atoms with Crippen LogP contribution in [0.4, 0.5) is 0 Å². The lowest BCUT2D eigenvalue weighted by Crippen LogP contribution is -2.49. The first-order valence-corrected chi connectivity index (χ1v) is 9.80. The third kappa shape index (κ3) is 2.22. The second kappa shape index (κ2) is 5.94. The molecule has 0 spiro atoms. The number of imide groups is 1. The Kier molecular flexibility index (Phi) is 3.64. The SMILES string of the molecule is NC(=O)[C@@H]1[C@@H]2C(=O)N(C3CCCCC3)C(=O)[C@@H]2[C@H]2c3ccccc3C=CN12. The van der Waals surface area contributed by atoms with E-state index in [9.17, 15) is 14.4 Å². The molecule has 5 rings (SSSR count). The van der Waals surface area contributed by atoms with E-state index in [4.69, 9.17) is 5.73 Å². The molecule has 1 aromatic rings. The summed E-state index contributed by atoms with van der Waals surface area (Å²) < 4.78 is 0. The average Bonchev–Trinajstić information content (AvgIpc) is 3.16. The number of carbonyl (C=O) groups excluding carboxylic acids is 3. The molecule has 27 heavy (non-hydrogen) atoms. The van der Waals surface area contributed by atoms with Crippen molar-refractivity contribution in [3.63, 3.8) is 0 Å². The number of nitrogens with two attached hydrogens (primary N) is 1. The van der Waals surface area contributed by atoms with Gasteiger partial charge in [-0.05, 0) is 30.0 Å². The van der Waals surface area contributed by atoms with E-state index < -0.39 is 23.8 Å². The summed E-state index contributed by atoms with van der Waals surface area (Å²) in [6.45, 7) is 0. The van der Waals surface area contributed by atoms with E-state index in [0.717, 1.165) is 43.2 Å². The van der Waals surface area contributed by atoms with Crippen molar-refractivity contribution < 1.29 is 14.4 Å². The van der Waals surface area contributed by atoms with E-state index in [2.05, 4.69) is 0 Å². The van der Waals surface area contributed by atoms with Crippen LogP contribution in [0.15, 0.2) is 30.5 Å². The zero-order valence-corrected chi connectivity index (χ0v) is 15.1. The van der Waals surface area contributed by atoms with Crippen molar-refractivity contribution in [2.24, 2.45) is 17.6 Å². The summed E-state index contributed by atoms with van der Waals surface area (Å²) in [6, 6.07) is 6.76. The monoisotopic (exact) mass is 365 g/mol. The van der Waals surface area contributed by atoms with Crippen molar-refractivity contribution in [3.8, 4) is 0 Å². The van der Waals surface area contributed by atoms with Gasteiger partial charge >= 0.3 is 0 Å². The van der Waals surface area contributed by atoms with Crippen LogP contribution in [0.5, 0.6) is 0 Å². The Morgan fingerprint density at radius 1 is 1.00 bits per heavy atom. The van der Waals surface area contributed by atoms with Gasteiger partial charge in [0.15, 0.2) is 0 Å². The molecule has 6 nitrogen and oxygen atoms in total. The Morgan fingerprint density at radius 2 is 1.70 bits per heavy atom. The third-order valence-corrected chi connectivity index (χ3v) is 6.73. The fourth-order valence-electron chi connectivity index (χ4n) is 5.60. The number of hydrogen-bond acceptors (Lipinski definition) is 4. The number of amides is 3. The maximum absolute atomic E-state index is 13.4. The van der Waals surface area contributed by atoms with Crippen molar-refractivity contribution in [3.05, 3.63) is 41.6 Å². The largest absolute Gasteiger partial charge is 0.368 e. The zero-order chi connectivity index (χ0) is 18.7. The summed E-state index contributed by atoms with van der Waals surface area (Å²) in [5.41, 5.74) is 7.73. The van der Waals surface area contributed by atoms with Crippen LogP contribution >= 0.6 is 0 Å². The Bertz CT molecular complexity index is 858. The maximum atomic E-state index is 13.4. The lowest BCUT2D eigenvalue weighted by atomic mass is 9.84. The Labute approximate surface area is 158 Å². The third-order valence-electron chi connectivity index (χ3n) is 6.73. The average molecular weight is 365 g/mol. The van der Waals surface area contributed by atoms with Gasteiger partial charge in [-0.25, -0.2) is 0 Å². The number of fused-ring (bicyclic) bond motifs is 5. The van der Waals surface area contributed by atoms with E-state index in [0.29, 0.717) is 0 Å². The first-order valence-electron chi connectivity index (χ1n) is 9.80. The first kappa shape index (κ1) is 16.5. The molecular formula is C21H23N3O3. The van der Waals surface area contributed by atoms with Gasteiger partial charge in [-0.15, -0.1) is 0 Å². The molecule has 4 atom stereocenters. The van der Waals surface area contributed by atoms with E-state index in [1.54, 1.807) is 0 Å². The minimum atomic E-state index is -0.769. The quantitative estimate of drug-likeness (QED) is 0.810. The number of hydrogen-bond donors (Lipinski definition) is 1. The smallest absolute Gasteiger partial charge is 0.240 e. The minimum absolute atomic E-state index is 0.0271. The summed E-state index contributed by atoms with van der Waals surface area (Å²) in [5.74, 6) is -2.09. The summed E-state index contributed by atoms with van der Waals surface area (Å²) in [5, 5.41) is 0. The predicted octanol–water partition coefficient (Wildman–Crippen LogP) is 1.82. The summed E-state index contributed by atoms with van der Waals surface area (Å²) in [7, 11) is 0. The van der Waals surface area contributed by atoms with Gasteiger partial charge in [0.25, 0.3) is 0 Å². The van der Waals surface area contributed by atoms with Crippen LogP contribution in [0.3, 0.4) is 0 Å². The van der Waals surface area contributed by atoms with Crippen LogP contribution in [-0.2, 0) is 14.4 Å². The highest BCUT2D eigenvalue weighted by molar-refractivity contribution is 6.09. The second-order valence-electron chi connectivity index (χ2n) is 8.07. The van der Waals surface area contributed by atoms with E-state index in [1.165, 1.54) is 4.90 Å². The number of benzene rings is 1. The minimum Gasteiger partial charge on any atom is -0.368 e. The summed E-state index contributed by atoms with van der Waals surface area (Å²) in [4.78, 5) is 42.4. The second-order valence-corrected chi connectivity index (χ2v) is 8.07. The van der Waals surface area contributed by atoms with Crippen molar-refractivity contribution in [2.45, 2.75) is 50.2 Å². The number of likely N-dealkylation sites (tertiary alicyclic amines) is 1. The van der Waals surface area contributed by atoms with Gasteiger partial charge in [0.2, 0.25) is 17.7 Å². The molecule has 6 heteroatoms. The van der Waals surface area contributed by atoms with Crippen LogP contribution in [0, 0.1) is 11.8 Å². The number of carbonyl (C=O) groups is 3. The molecule has 1 aliphatic carbocycles. The first-order chi connectivity index (χ1) is 13.1. The maximum Gasteiger partial charge on any atom is 0.240 e. The number of nitrogens with zero attached hydrogens (tertiary/aromatic N) is 2. The van der Waals surface area contributed by atoms with Gasteiger partial charge in [-0.2, -0.15) is 0 Å². The zero-order valence-electron chi connectivity index (χ0n) is 15.1. The van der Waals surface area contributed by atoms with Gasteiger partial charge in [-0.3, -0.25) is 19.3 Å². The molecule has 3 fully saturated rings. The molecule has 0 radical (unpaired) electrons. The van der Waals surface area contributed by atoms with E-state index in [1.807, 2.05) is 41.4 Å². The normalized spacial score (nSPS) is 32.4. The Balaban J connectivity index is 1.60. The molecule has 3 amide bonds. The lowest BCUT2D eigenvalue weighted by Gasteiger charge is -2.36. The Hall–Kier alpha value is -2.63. The predicted molar refractivity (Wildman–Crippen MR) is 98.7 cm³/mol. The van der Waals surface area contributed by atoms with Gasteiger partial charge in [0.05, 0.1) is 17.9 Å². The van der Waals surface area contributed by atoms with E-state index in [-0.39, 0.29) is 23.9 Å². The summed E-state index contributed by atoms with van der Waals surface area (Å²) in [6.07, 6.45) is 8.71. The highest BCUT2D eigenvalue weighted by Gasteiger charge is 2.64. The number of rotatable bonds is 2. The van der Waals surface area contributed by atoms with Crippen LogP contribution in [0.25, 0.3) is 6.08 Å². The van der Waals surface area contributed by atoms with Crippen molar-refractivity contribution in [1.29, 1.82) is 0 Å². The molecule has 1 aromatic carbocycles. The molecule has 1 saturated carbocycles. The molecule has 2 N–H and O–H groups in total. The molecule has 3 heterocycles. The fraction of sp³-hybridized carbons (Fsp3) is 0.476. The summed E-state index contributed by atoms with van der Waals surface area (Å²) >= 11 is 0. The number of primary amides is 1. The molecular weight excluding hydrogens is 342 g/mol. The topological polar surface area (TPSA) is 83.7 Å². The van der Waals surface area contributed by atoms with Gasteiger partial charge in [0, 0.05) is 12.2 Å². The van der Waals surface area contributed by atoms with Crippen molar-refractivity contribution in [1.82, 2.24) is 9.80 Å². The van der Waals surface area contributed by atoms with E-state index >= 15 is 0 Å². The molecule has 4 aliphatic rings.